The fraction of sp³-hybridized carbons (Fsp3) is 0.167. The highest BCUT2D eigenvalue weighted by atomic mass is 79.9. The number of amides is 1. The lowest BCUT2D eigenvalue weighted by atomic mass is 10.2. The second-order valence-electron chi connectivity index (χ2n) is 3.87. The molecule has 2 aromatic rings. The molecule has 0 spiro atoms. The first kappa shape index (κ1) is 12.6. The van der Waals surface area contributed by atoms with Gasteiger partial charge in [-0.05, 0) is 40.2 Å². The van der Waals surface area contributed by atoms with E-state index in [9.17, 15) is 4.79 Å². The average molecular weight is 309 g/mol. The Hall–Kier alpha value is -1.82. The van der Waals surface area contributed by atoms with Gasteiger partial charge in [0.1, 0.15) is 0 Å². The van der Waals surface area contributed by atoms with Crippen LogP contribution in [0.15, 0.2) is 34.9 Å². The van der Waals surface area contributed by atoms with E-state index in [0.29, 0.717) is 17.8 Å². The molecule has 0 atom stereocenters. The van der Waals surface area contributed by atoms with Crippen LogP contribution in [0.2, 0.25) is 0 Å². The maximum Gasteiger partial charge on any atom is 0.251 e. The van der Waals surface area contributed by atoms with Gasteiger partial charge in [-0.25, -0.2) is 0 Å². The average Bonchev–Trinajstić information content (AvgIpc) is 2.75. The van der Waals surface area contributed by atoms with E-state index in [1.165, 1.54) is 0 Å². The minimum Gasteiger partial charge on any atom is -0.398 e. The fourth-order valence-electron chi connectivity index (χ4n) is 1.53. The fourth-order valence-corrected chi connectivity index (χ4v) is 1.78. The number of hydrogen-bond acceptors (Lipinski definition) is 3. The summed E-state index contributed by atoms with van der Waals surface area (Å²) in [5.74, 6) is -0.157. The van der Waals surface area contributed by atoms with Gasteiger partial charge in [0.15, 0.2) is 0 Å². The van der Waals surface area contributed by atoms with Crippen molar-refractivity contribution >= 4 is 27.5 Å². The van der Waals surface area contributed by atoms with Crippen molar-refractivity contribution in [3.8, 4) is 0 Å². The number of nitrogens with zero attached hydrogens (tertiary/aromatic N) is 2. The Labute approximate surface area is 113 Å². The molecule has 3 N–H and O–H groups in total. The predicted octanol–water partition coefficient (Wildman–Crippen LogP) is 1.69. The summed E-state index contributed by atoms with van der Waals surface area (Å²) in [7, 11) is 1.83. The minimum absolute atomic E-state index is 0.157. The van der Waals surface area contributed by atoms with Crippen molar-refractivity contribution in [1.82, 2.24) is 15.1 Å². The first-order valence-corrected chi connectivity index (χ1v) is 6.17. The number of carbonyl (C=O) groups is 1. The smallest absolute Gasteiger partial charge is 0.251 e. The monoisotopic (exact) mass is 308 g/mol. The van der Waals surface area contributed by atoms with E-state index in [1.54, 1.807) is 29.1 Å². The van der Waals surface area contributed by atoms with Crippen LogP contribution < -0.4 is 11.1 Å². The molecular formula is C12H13BrN4O. The van der Waals surface area contributed by atoms with E-state index in [2.05, 4.69) is 26.3 Å². The zero-order chi connectivity index (χ0) is 13.1. The number of hydrogen-bond donors (Lipinski definition) is 2. The summed E-state index contributed by atoms with van der Waals surface area (Å²) in [4.78, 5) is 11.9. The van der Waals surface area contributed by atoms with E-state index in [4.69, 9.17) is 5.73 Å². The molecule has 0 bridgehead atoms. The number of nitrogens with two attached hydrogens (primary N) is 1. The van der Waals surface area contributed by atoms with Crippen molar-refractivity contribution in [2.24, 2.45) is 7.05 Å². The van der Waals surface area contributed by atoms with Crippen LogP contribution in [-0.4, -0.2) is 15.7 Å². The Bertz CT molecular complexity index is 579. The Balaban J connectivity index is 2.04. The van der Waals surface area contributed by atoms with Crippen LogP contribution in [0.1, 0.15) is 16.1 Å². The van der Waals surface area contributed by atoms with Gasteiger partial charge in [-0.2, -0.15) is 5.10 Å². The van der Waals surface area contributed by atoms with E-state index in [-0.39, 0.29) is 5.91 Å². The predicted molar refractivity (Wildman–Crippen MR) is 72.9 cm³/mol. The number of nitrogens with one attached hydrogen (secondary N) is 1. The van der Waals surface area contributed by atoms with Gasteiger partial charge in [-0.15, -0.1) is 0 Å². The molecule has 1 heterocycles. The Morgan fingerprint density at radius 2 is 2.28 bits per heavy atom. The van der Waals surface area contributed by atoms with Crippen LogP contribution in [0.25, 0.3) is 0 Å². The van der Waals surface area contributed by atoms with Gasteiger partial charge in [-0.1, -0.05) is 0 Å². The van der Waals surface area contributed by atoms with E-state index >= 15 is 0 Å². The van der Waals surface area contributed by atoms with E-state index < -0.39 is 0 Å². The summed E-state index contributed by atoms with van der Waals surface area (Å²) in [6, 6.07) is 6.98. The molecule has 0 saturated heterocycles. The van der Waals surface area contributed by atoms with Crippen molar-refractivity contribution in [3.05, 3.63) is 46.2 Å². The zero-order valence-electron chi connectivity index (χ0n) is 9.85. The summed E-state index contributed by atoms with van der Waals surface area (Å²) in [6.45, 7) is 0.436. The number of carbonyl (C=O) groups excluding carboxylic acids is 1. The highest BCUT2D eigenvalue weighted by molar-refractivity contribution is 9.10. The first-order chi connectivity index (χ1) is 8.58. The van der Waals surface area contributed by atoms with Gasteiger partial charge < -0.3 is 11.1 Å². The number of rotatable bonds is 3. The normalized spacial score (nSPS) is 10.3. The Morgan fingerprint density at radius 3 is 2.89 bits per heavy atom. The summed E-state index contributed by atoms with van der Waals surface area (Å²) < 4.78 is 2.50. The molecule has 5 nitrogen and oxygen atoms in total. The molecular weight excluding hydrogens is 296 g/mol. The third-order valence-corrected chi connectivity index (χ3v) is 3.33. The van der Waals surface area contributed by atoms with Gasteiger partial charge in [0.05, 0.1) is 12.2 Å². The van der Waals surface area contributed by atoms with Gasteiger partial charge in [0.2, 0.25) is 0 Å². The van der Waals surface area contributed by atoms with Crippen molar-refractivity contribution in [1.29, 1.82) is 0 Å². The summed E-state index contributed by atoms with van der Waals surface area (Å²) in [6.07, 6.45) is 1.69. The molecule has 6 heteroatoms. The van der Waals surface area contributed by atoms with E-state index in [0.717, 1.165) is 10.2 Å². The van der Waals surface area contributed by atoms with Gasteiger partial charge in [0.25, 0.3) is 5.91 Å². The Kier molecular flexibility index (Phi) is 3.66. The third kappa shape index (κ3) is 2.70. The molecule has 1 aromatic carbocycles. The zero-order valence-corrected chi connectivity index (χ0v) is 11.4. The molecule has 0 aliphatic carbocycles. The van der Waals surface area contributed by atoms with Crippen molar-refractivity contribution in [2.75, 3.05) is 5.73 Å². The lowest BCUT2D eigenvalue weighted by Crippen LogP contribution is -2.24. The molecule has 18 heavy (non-hydrogen) atoms. The van der Waals surface area contributed by atoms with Crippen LogP contribution >= 0.6 is 15.9 Å². The molecule has 0 saturated carbocycles. The SMILES string of the molecule is Cn1nccc1CNC(=O)c1ccc(Br)c(N)c1. The molecule has 1 amide bonds. The highest BCUT2D eigenvalue weighted by Gasteiger charge is 2.08. The second kappa shape index (κ2) is 5.22. The van der Waals surface area contributed by atoms with Crippen LogP contribution in [0.3, 0.4) is 0 Å². The lowest BCUT2D eigenvalue weighted by molar-refractivity contribution is 0.0950. The maximum absolute atomic E-state index is 11.9. The molecule has 94 valence electrons. The number of nitrogen functional groups attached to an aromatic ring is 1. The van der Waals surface area contributed by atoms with Crippen molar-refractivity contribution in [2.45, 2.75) is 6.54 Å². The molecule has 0 fully saturated rings. The second-order valence-corrected chi connectivity index (χ2v) is 4.72. The van der Waals surface area contributed by atoms with Crippen LogP contribution in [0.4, 0.5) is 5.69 Å². The highest BCUT2D eigenvalue weighted by Crippen LogP contribution is 2.20. The first-order valence-electron chi connectivity index (χ1n) is 5.38. The van der Waals surface area contributed by atoms with Crippen LogP contribution in [0, 0.1) is 0 Å². The number of aromatic nitrogens is 2. The molecule has 0 radical (unpaired) electrons. The summed E-state index contributed by atoms with van der Waals surface area (Å²) in [5, 5.41) is 6.85. The number of benzene rings is 1. The number of halogens is 1. The molecule has 2 rings (SSSR count). The third-order valence-electron chi connectivity index (χ3n) is 2.61. The summed E-state index contributed by atoms with van der Waals surface area (Å²) in [5.41, 5.74) is 7.75. The lowest BCUT2D eigenvalue weighted by Gasteiger charge is -2.07. The van der Waals surface area contributed by atoms with E-state index in [1.807, 2.05) is 13.1 Å². The topological polar surface area (TPSA) is 72.9 Å². The molecule has 0 unspecified atom stereocenters. The minimum atomic E-state index is -0.157. The van der Waals surface area contributed by atoms with Gasteiger partial charge in [0, 0.05) is 29.0 Å². The number of aryl methyl sites for hydroxylation is 1. The van der Waals surface area contributed by atoms with Crippen LogP contribution in [-0.2, 0) is 13.6 Å². The summed E-state index contributed by atoms with van der Waals surface area (Å²) >= 11 is 3.29. The largest absolute Gasteiger partial charge is 0.398 e. The van der Waals surface area contributed by atoms with Crippen LogP contribution in [0.5, 0.6) is 0 Å². The number of anilines is 1. The Morgan fingerprint density at radius 1 is 1.50 bits per heavy atom. The maximum atomic E-state index is 11.9. The van der Waals surface area contributed by atoms with Gasteiger partial charge >= 0.3 is 0 Å². The quantitative estimate of drug-likeness (QED) is 0.848. The molecule has 0 aliphatic rings. The standard InChI is InChI=1S/C12H13BrN4O/c1-17-9(4-5-16-17)7-15-12(18)8-2-3-10(13)11(14)6-8/h2-6H,7,14H2,1H3,(H,15,18). The molecule has 0 aliphatic heterocycles. The van der Waals surface area contributed by atoms with Crippen molar-refractivity contribution < 1.29 is 4.79 Å². The van der Waals surface area contributed by atoms with Gasteiger partial charge in [-0.3, -0.25) is 9.48 Å². The molecule has 1 aromatic heterocycles. The van der Waals surface area contributed by atoms with Crippen molar-refractivity contribution in [3.63, 3.8) is 0 Å².